The molecule has 2 heterocycles. The predicted octanol–water partition coefficient (Wildman–Crippen LogP) is 2.96. The van der Waals surface area contributed by atoms with Crippen LogP contribution in [0.5, 0.6) is 0 Å². The first kappa shape index (κ1) is 16.3. The van der Waals surface area contributed by atoms with Crippen LogP contribution >= 0.6 is 0 Å². The molecule has 2 unspecified atom stereocenters. The van der Waals surface area contributed by atoms with Crippen LogP contribution < -0.4 is 10.6 Å². The van der Waals surface area contributed by atoms with Gasteiger partial charge in [-0.2, -0.15) is 0 Å². The van der Waals surface area contributed by atoms with Crippen molar-refractivity contribution in [1.29, 1.82) is 0 Å². The molecule has 6 heteroatoms. The molecule has 1 aromatic heterocycles. The minimum atomic E-state index is -0.456. The number of benzene rings is 1. The minimum Gasteiger partial charge on any atom is -0.373 e. The summed E-state index contributed by atoms with van der Waals surface area (Å²) in [4.78, 5) is 12.9. The highest BCUT2D eigenvalue weighted by molar-refractivity contribution is 5.94. The van der Waals surface area contributed by atoms with Gasteiger partial charge in [-0.25, -0.2) is 0 Å². The molecule has 1 spiro atoms. The lowest BCUT2D eigenvalue weighted by Gasteiger charge is -2.37. The standard InChI is InChI=1S/C19H23N3O3/c1-13-10-16(22-25-13)21-18(23)17(14-6-3-2-4-7-14)20-15-11-19(24-12-15)8-5-9-19/h2-4,6-7,10,15,17,20H,5,8-9,11-12H2,1H3,(H,21,22,23). The Morgan fingerprint density at radius 3 is 2.72 bits per heavy atom. The summed E-state index contributed by atoms with van der Waals surface area (Å²) in [5.41, 5.74) is 0.980. The van der Waals surface area contributed by atoms with Gasteiger partial charge in [0.2, 0.25) is 5.91 Å². The molecule has 0 radical (unpaired) electrons. The topological polar surface area (TPSA) is 76.4 Å². The second-order valence-corrected chi connectivity index (χ2v) is 7.07. The summed E-state index contributed by atoms with van der Waals surface area (Å²) in [5.74, 6) is 0.952. The molecule has 2 fully saturated rings. The van der Waals surface area contributed by atoms with Crippen molar-refractivity contribution < 1.29 is 14.1 Å². The molecule has 1 aliphatic carbocycles. The van der Waals surface area contributed by atoms with Gasteiger partial charge < -0.3 is 14.6 Å². The van der Waals surface area contributed by atoms with E-state index in [1.54, 1.807) is 13.0 Å². The highest BCUT2D eigenvalue weighted by Gasteiger charge is 2.45. The number of nitrogens with one attached hydrogen (secondary N) is 2. The number of aromatic nitrogens is 1. The molecule has 6 nitrogen and oxygen atoms in total. The second-order valence-electron chi connectivity index (χ2n) is 7.07. The Hall–Kier alpha value is -2.18. The zero-order valence-electron chi connectivity index (χ0n) is 14.3. The van der Waals surface area contributed by atoms with Crippen LogP contribution in [-0.4, -0.2) is 29.3 Å². The van der Waals surface area contributed by atoms with Crippen molar-refractivity contribution in [3.63, 3.8) is 0 Å². The molecule has 1 amide bonds. The van der Waals surface area contributed by atoms with Crippen LogP contribution in [-0.2, 0) is 9.53 Å². The molecule has 132 valence electrons. The molecule has 1 aliphatic heterocycles. The van der Waals surface area contributed by atoms with Gasteiger partial charge in [0.05, 0.1) is 12.2 Å². The molecule has 25 heavy (non-hydrogen) atoms. The fourth-order valence-corrected chi connectivity index (χ4v) is 3.70. The number of amides is 1. The van der Waals surface area contributed by atoms with E-state index in [0.29, 0.717) is 18.2 Å². The molecular weight excluding hydrogens is 318 g/mol. The average Bonchev–Trinajstić information content (AvgIpc) is 3.19. The lowest BCUT2D eigenvalue weighted by atomic mass is 9.77. The molecule has 1 saturated heterocycles. The first-order valence-corrected chi connectivity index (χ1v) is 8.83. The predicted molar refractivity (Wildman–Crippen MR) is 93.1 cm³/mol. The fourth-order valence-electron chi connectivity index (χ4n) is 3.70. The lowest BCUT2D eigenvalue weighted by molar-refractivity contribution is -0.118. The number of hydrogen-bond donors (Lipinski definition) is 2. The maximum Gasteiger partial charge on any atom is 0.247 e. The maximum absolute atomic E-state index is 12.9. The van der Waals surface area contributed by atoms with Crippen molar-refractivity contribution in [3.05, 3.63) is 47.7 Å². The van der Waals surface area contributed by atoms with Gasteiger partial charge in [-0.15, -0.1) is 0 Å². The van der Waals surface area contributed by atoms with Crippen LogP contribution in [0.4, 0.5) is 5.82 Å². The third kappa shape index (κ3) is 3.45. The maximum atomic E-state index is 12.9. The van der Waals surface area contributed by atoms with Gasteiger partial charge in [0.25, 0.3) is 0 Å². The van der Waals surface area contributed by atoms with Gasteiger partial charge in [0.1, 0.15) is 11.8 Å². The highest BCUT2D eigenvalue weighted by atomic mass is 16.5. The van der Waals surface area contributed by atoms with Gasteiger partial charge in [0, 0.05) is 12.1 Å². The Balaban J connectivity index is 1.49. The van der Waals surface area contributed by atoms with Crippen molar-refractivity contribution in [2.45, 2.75) is 50.3 Å². The van der Waals surface area contributed by atoms with Gasteiger partial charge in [-0.3, -0.25) is 10.1 Å². The molecule has 4 rings (SSSR count). The summed E-state index contributed by atoms with van der Waals surface area (Å²) in [5, 5.41) is 10.2. The van der Waals surface area contributed by atoms with Crippen LogP contribution in [0, 0.1) is 6.92 Å². The van der Waals surface area contributed by atoms with E-state index < -0.39 is 6.04 Å². The molecule has 1 aromatic carbocycles. The Labute approximate surface area is 146 Å². The third-order valence-electron chi connectivity index (χ3n) is 5.15. The Bertz CT molecular complexity index is 739. The Morgan fingerprint density at radius 1 is 1.32 bits per heavy atom. The lowest BCUT2D eigenvalue weighted by Crippen LogP contribution is -2.42. The van der Waals surface area contributed by atoms with E-state index in [1.165, 1.54) is 6.42 Å². The second kappa shape index (κ2) is 6.61. The monoisotopic (exact) mass is 341 g/mol. The largest absolute Gasteiger partial charge is 0.373 e. The van der Waals surface area contributed by atoms with Crippen LogP contribution in [0.15, 0.2) is 40.9 Å². The van der Waals surface area contributed by atoms with Crippen molar-refractivity contribution in [3.8, 4) is 0 Å². The number of hydrogen-bond acceptors (Lipinski definition) is 5. The quantitative estimate of drug-likeness (QED) is 0.874. The minimum absolute atomic E-state index is 0.0542. The molecule has 0 bridgehead atoms. The average molecular weight is 341 g/mol. The van der Waals surface area contributed by atoms with Crippen LogP contribution in [0.3, 0.4) is 0 Å². The Morgan fingerprint density at radius 2 is 2.12 bits per heavy atom. The van der Waals surface area contributed by atoms with Crippen molar-refractivity contribution >= 4 is 11.7 Å². The van der Waals surface area contributed by atoms with Crippen molar-refractivity contribution in [2.75, 3.05) is 11.9 Å². The molecule has 2 aliphatic rings. The smallest absolute Gasteiger partial charge is 0.247 e. The van der Waals surface area contributed by atoms with E-state index in [2.05, 4.69) is 15.8 Å². The zero-order valence-corrected chi connectivity index (χ0v) is 14.3. The first-order chi connectivity index (χ1) is 12.1. The molecular formula is C19H23N3O3. The van der Waals surface area contributed by atoms with E-state index in [1.807, 2.05) is 30.3 Å². The van der Waals surface area contributed by atoms with E-state index in [4.69, 9.17) is 9.26 Å². The number of aryl methyl sites for hydroxylation is 1. The summed E-state index contributed by atoms with van der Waals surface area (Å²) < 4.78 is 11.0. The molecule has 1 saturated carbocycles. The van der Waals surface area contributed by atoms with Gasteiger partial charge >= 0.3 is 0 Å². The van der Waals surface area contributed by atoms with Gasteiger partial charge in [-0.05, 0) is 38.2 Å². The number of carbonyl (C=O) groups is 1. The van der Waals surface area contributed by atoms with E-state index >= 15 is 0 Å². The van der Waals surface area contributed by atoms with Crippen molar-refractivity contribution in [1.82, 2.24) is 10.5 Å². The number of rotatable bonds is 5. The Kier molecular flexibility index (Phi) is 4.31. The summed E-state index contributed by atoms with van der Waals surface area (Å²) in [7, 11) is 0. The van der Waals surface area contributed by atoms with E-state index in [-0.39, 0.29) is 17.6 Å². The number of nitrogens with zero attached hydrogens (tertiary/aromatic N) is 1. The molecule has 2 aromatic rings. The van der Waals surface area contributed by atoms with Crippen LogP contribution in [0.2, 0.25) is 0 Å². The van der Waals surface area contributed by atoms with Gasteiger partial charge in [0.15, 0.2) is 5.82 Å². The van der Waals surface area contributed by atoms with Crippen LogP contribution in [0.1, 0.15) is 43.0 Å². The molecule has 2 atom stereocenters. The number of anilines is 1. The summed E-state index contributed by atoms with van der Waals surface area (Å²) in [6.07, 6.45) is 4.46. The zero-order chi connectivity index (χ0) is 17.3. The van der Waals surface area contributed by atoms with Gasteiger partial charge in [-0.1, -0.05) is 35.5 Å². The first-order valence-electron chi connectivity index (χ1n) is 8.83. The van der Waals surface area contributed by atoms with E-state index in [9.17, 15) is 4.79 Å². The fraction of sp³-hybridized carbons (Fsp3) is 0.474. The third-order valence-corrected chi connectivity index (χ3v) is 5.15. The summed E-state index contributed by atoms with van der Waals surface area (Å²) >= 11 is 0. The number of carbonyl (C=O) groups excluding carboxylic acids is 1. The highest BCUT2D eigenvalue weighted by Crippen LogP contribution is 2.43. The summed E-state index contributed by atoms with van der Waals surface area (Å²) in [6.45, 7) is 2.45. The normalized spacial score (nSPS) is 22.5. The van der Waals surface area contributed by atoms with Crippen LogP contribution in [0.25, 0.3) is 0 Å². The summed E-state index contributed by atoms with van der Waals surface area (Å²) in [6, 6.07) is 11.2. The molecule has 2 N–H and O–H groups in total. The van der Waals surface area contributed by atoms with Crippen molar-refractivity contribution in [2.24, 2.45) is 0 Å². The number of ether oxygens (including phenoxy) is 1. The SMILES string of the molecule is Cc1cc(NC(=O)C(NC2COC3(CCC3)C2)c2ccccc2)no1. The van der Waals surface area contributed by atoms with E-state index in [0.717, 1.165) is 24.8 Å².